The minimum absolute atomic E-state index is 0.358. The molecule has 3 heterocycles. The van der Waals surface area contributed by atoms with Crippen molar-refractivity contribution in [3.63, 3.8) is 0 Å². The third-order valence-corrected chi connectivity index (χ3v) is 2.79. The number of nitrogen functional groups attached to an aromatic ring is 1. The van der Waals surface area contributed by atoms with Crippen LogP contribution in [-0.4, -0.2) is 10.1 Å². The average molecular weight is 241 g/mol. The van der Waals surface area contributed by atoms with Gasteiger partial charge in [-0.05, 0) is 30.7 Å². The van der Waals surface area contributed by atoms with Crippen molar-refractivity contribution in [1.82, 2.24) is 10.1 Å². The molecule has 0 saturated heterocycles. The molecule has 0 fully saturated rings. The van der Waals surface area contributed by atoms with Crippen molar-refractivity contribution in [1.29, 1.82) is 0 Å². The van der Waals surface area contributed by atoms with Crippen LogP contribution >= 0.6 is 0 Å². The van der Waals surface area contributed by atoms with E-state index in [0.717, 1.165) is 22.5 Å². The number of hydrogen-bond donors (Lipinski definition) is 1. The molecule has 0 aliphatic heterocycles. The van der Waals surface area contributed by atoms with Gasteiger partial charge in [0.1, 0.15) is 5.76 Å². The summed E-state index contributed by atoms with van der Waals surface area (Å²) in [6.07, 6.45) is 5.02. The van der Waals surface area contributed by atoms with E-state index in [0.29, 0.717) is 11.6 Å². The summed E-state index contributed by atoms with van der Waals surface area (Å²) in [6.45, 7) is 1.87. The lowest BCUT2D eigenvalue weighted by molar-refractivity contribution is 0.434. The first-order valence-electron chi connectivity index (χ1n) is 5.47. The topological polar surface area (TPSA) is 78.1 Å². The Labute approximate surface area is 103 Å². The van der Waals surface area contributed by atoms with Crippen molar-refractivity contribution >= 4 is 5.82 Å². The SMILES string of the molecule is Cc1occc1-c1onc(N)c1-c1ccncc1. The van der Waals surface area contributed by atoms with Crippen molar-refractivity contribution in [3.05, 3.63) is 42.6 Å². The molecule has 3 aromatic rings. The first-order valence-corrected chi connectivity index (χ1v) is 5.47. The van der Waals surface area contributed by atoms with Crippen LogP contribution in [0.4, 0.5) is 5.82 Å². The lowest BCUT2D eigenvalue weighted by atomic mass is 10.0. The highest BCUT2D eigenvalue weighted by atomic mass is 16.5. The number of aromatic nitrogens is 2. The Morgan fingerprint density at radius 2 is 1.94 bits per heavy atom. The number of aryl methyl sites for hydroxylation is 1. The Kier molecular flexibility index (Phi) is 2.37. The van der Waals surface area contributed by atoms with E-state index in [1.165, 1.54) is 0 Å². The van der Waals surface area contributed by atoms with Crippen LogP contribution in [0.25, 0.3) is 22.5 Å². The van der Waals surface area contributed by atoms with Gasteiger partial charge in [-0.2, -0.15) is 0 Å². The number of nitrogens with two attached hydrogens (primary N) is 1. The molecule has 90 valence electrons. The van der Waals surface area contributed by atoms with Crippen molar-refractivity contribution in [2.24, 2.45) is 0 Å². The van der Waals surface area contributed by atoms with Crippen molar-refractivity contribution in [2.75, 3.05) is 5.73 Å². The van der Waals surface area contributed by atoms with E-state index >= 15 is 0 Å². The first-order chi connectivity index (χ1) is 8.77. The van der Waals surface area contributed by atoms with Gasteiger partial charge in [-0.3, -0.25) is 4.98 Å². The van der Waals surface area contributed by atoms with E-state index in [1.54, 1.807) is 18.7 Å². The predicted molar refractivity (Wildman–Crippen MR) is 66.6 cm³/mol. The monoisotopic (exact) mass is 241 g/mol. The molecule has 0 unspecified atom stereocenters. The molecule has 5 heteroatoms. The van der Waals surface area contributed by atoms with Crippen molar-refractivity contribution in [2.45, 2.75) is 6.92 Å². The smallest absolute Gasteiger partial charge is 0.180 e. The van der Waals surface area contributed by atoms with Crippen molar-refractivity contribution < 1.29 is 8.94 Å². The maximum Gasteiger partial charge on any atom is 0.180 e. The Bertz CT molecular complexity index is 671. The summed E-state index contributed by atoms with van der Waals surface area (Å²) in [5.74, 6) is 1.74. The molecular weight excluding hydrogens is 230 g/mol. The molecule has 2 N–H and O–H groups in total. The lowest BCUT2D eigenvalue weighted by Gasteiger charge is -2.00. The molecule has 0 spiro atoms. The maximum atomic E-state index is 5.87. The second-order valence-corrected chi connectivity index (χ2v) is 3.90. The Hall–Kier alpha value is -2.56. The van der Waals surface area contributed by atoms with E-state index in [-0.39, 0.29) is 0 Å². The third kappa shape index (κ3) is 1.57. The van der Waals surface area contributed by atoms with E-state index in [2.05, 4.69) is 10.1 Å². The van der Waals surface area contributed by atoms with Gasteiger partial charge in [0.2, 0.25) is 0 Å². The maximum absolute atomic E-state index is 5.87. The first kappa shape index (κ1) is 10.6. The molecule has 0 atom stereocenters. The van der Waals surface area contributed by atoms with E-state index in [4.69, 9.17) is 14.7 Å². The summed E-state index contributed by atoms with van der Waals surface area (Å²) in [6, 6.07) is 5.56. The van der Waals surface area contributed by atoms with Gasteiger partial charge in [-0.25, -0.2) is 0 Å². The highest BCUT2D eigenvalue weighted by Gasteiger charge is 2.20. The third-order valence-electron chi connectivity index (χ3n) is 2.79. The number of rotatable bonds is 2. The van der Waals surface area contributed by atoms with Crippen LogP contribution in [-0.2, 0) is 0 Å². The summed E-state index contributed by atoms with van der Waals surface area (Å²) in [5.41, 5.74) is 8.41. The zero-order valence-electron chi connectivity index (χ0n) is 9.75. The minimum Gasteiger partial charge on any atom is -0.469 e. The van der Waals surface area contributed by atoms with Gasteiger partial charge in [0.05, 0.1) is 17.4 Å². The van der Waals surface area contributed by atoms with Gasteiger partial charge in [0.15, 0.2) is 11.6 Å². The fourth-order valence-electron chi connectivity index (χ4n) is 1.90. The van der Waals surface area contributed by atoms with Crippen LogP contribution in [0.2, 0.25) is 0 Å². The van der Waals surface area contributed by atoms with Gasteiger partial charge in [-0.15, -0.1) is 0 Å². The second kappa shape index (κ2) is 4.03. The Morgan fingerprint density at radius 1 is 1.17 bits per heavy atom. The lowest BCUT2D eigenvalue weighted by Crippen LogP contribution is -1.89. The van der Waals surface area contributed by atoms with Gasteiger partial charge in [0, 0.05) is 12.4 Å². The van der Waals surface area contributed by atoms with Crippen molar-refractivity contribution in [3.8, 4) is 22.5 Å². The van der Waals surface area contributed by atoms with Crippen LogP contribution in [0, 0.1) is 6.92 Å². The zero-order chi connectivity index (χ0) is 12.5. The average Bonchev–Trinajstić information content (AvgIpc) is 2.96. The fraction of sp³-hybridized carbons (Fsp3) is 0.0769. The largest absolute Gasteiger partial charge is 0.469 e. The molecular formula is C13H11N3O2. The minimum atomic E-state index is 0.358. The Morgan fingerprint density at radius 3 is 2.61 bits per heavy atom. The summed E-state index contributed by atoms with van der Waals surface area (Å²) < 4.78 is 10.6. The zero-order valence-corrected chi connectivity index (χ0v) is 9.75. The predicted octanol–water partition coefficient (Wildman–Crippen LogP) is 2.89. The Balaban J connectivity index is 2.22. The molecule has 0 bridgehead atoms. The number of hydrogen-bond acceptors (Lipinski definition) is 5. The summed E-state index contributed by atoms with van der Waals surface area (Å²) in [7, 11) is 0. The number of pyridine rings is 1. The molecule has 0 aliphatic carbocycles. The second-order valence-electron chi connectivity index (χ2n) is 3.90. The van der Waals surface area contributed by atoms with E-state index < -0.39 is 0 Å². The quantitative estimate of drug-likeness (QED) is 0.746. The molecule has 18 heavy (non-hydrogen) atoms. The van der Waals surface area contributed by atoms with Gasteiger partial charge >= 0.3 is 0 Å². The number of nitrogens with zero attached hydrogens (tertiary/aromatic N) is 2. The summed E-state index contributed by atoms with van der Waals surface area (Å²) in [5, 5.41) is 3.83. The summed E-state index contributed by atoms with van der Waals surface area (Å²) in [4.78, 5) is 3.98. The van der Waals surface area contributed by atoms with Crippen LogP contribution in [0.15, 0.2) is 45.8 Å². The molecule has 3 aromatic heterocycles. The standard InChI is InChI=1S/C13H11N3O2/c1-8-10(4-7-17-8)12-11(13(14)16-18-12)9-2-5-15-6-3-9/h2-7H,1H3,(H2,14,16). The van der Waals surface area contributed by atoms with Crippen LogP contribution < -0.4 is 5.73 Å². The highest BCUT2D eigenvalue weighted by Crippen LogP contribution is 2.37. The molecule has 0 saturated carbocycles. The van der Waals surface area contributed by atoms with E-state index in [1.807, 2.05) is 25.1 Å². The highest BCUT2D eigenvalue weighted by molar-refractivity contribution is 5.86. The van der Waals surface area contributed by atoms with Crippen LogP contribution in [0.1, 0.15) is 5.76 Å². The number of anilines is 1. The van der Waals surface area contributed by atoms with Crippen LogP contribution in [0.5, 0.6) is 0 Å². The number of furan rings is 1. The van der Waals surface area contributed by atoms with E-state index in [9.17, 15) is 0 Å². The van der Waals surface area contributed by atoms with Gasteiger partial charge in [-0.1, -0.05) is 5.16 Å². The van der Waals surface area contributed by atoms with Gasteiger partial charge < -0.3 is 14.7 Å². The molecule has 0 aliphatic rings. The molecule has 5 nitrogen and oxygen atoms in total. The normalized spacial score (nSPS) is 10.7. The molecule has 0 amide bonds. The fourth-order valence-corrected chi connectivity index (χ4v) is 1.90. The molecule has 0 radical (unpaired) electrons. The van der Waals surface area contributed by atoms with Gasteiger partial charge in [0.25, 0.3) is 0 Å². The van der Waals surface area contributed by atoms with Crippen LogP contribution in [0.3, 0.4) is 0 Å². The summed E-state index contributed by atoms with van der Waals surface area (Å²) >= 11 is 0. The molecule has 0 aromatic carbocycles. The molecule has 3 rings (SSSR count).